The summed E-state index contributed by atoms with van der Waals surface area (Å²) in [4.78, 5) is 0. The molecular formula is C14H17F2N3. The van der Waals surface area contributed by atoms with Crippen molar-refractivity contribution in [3.63, 3.8) is 0 Å². The summed E-state index contributed by atoms with van der Waals surface area (Å²) in [5, 5.41) is 7.47. The normalized spacial score (nSPS) is 10.9. The maximum atomic E-state index is 13.8. The van der Waals surface area contributed by atoms with Crippen LogP contribution in [-0.2, 0) is 13.6 Å². The molecule has 0 fully saturated rings. The monoisotopic (exact) mass is 265 g/mol. The van der Waals surface area contributed by atoms with Gasteiger partial charge in [0.1, 0.15) is 11.6 Å². The maximum Gasteiger partial charge on any atom is 0.132 e. The van der Waals surface area contributed by atoms with E-state index in [0.29, 0.717) is 12.2 Å². The number of nitrogens with one attached hydrogen (secondary N) is 1. The van der Waals surface area contributed by atoms with Gasteiger partial charge in [-0.3, -0.25) is 4.68 Å². The number of hydrogen-bond donors (Lipinski definition) is 1. The smallest absolute Gasteiger partial charge is 0.132 e. The molecule has 5 heteroatoms. The quantitative estimate of drug-likeness (QED) is 0.842. The van der Waals surface area contributed by atoms with Gasteiger partial charge in [-0.2, -0.15) is 5.10 Å². The average Bonchev–Trinajstić information content (AvgIpc) is 2.74. The molecule has 0 saturated heterocycles. The molecule has 0 radical (unpaired) electrons. The molecule has 0 aliphatic carbocycles. The minimum absolute atomic E-state index is 0.203. The first-order chi connectivity index (χ1) is 9.11. The molecule has 0 spiro atoms. The summed E-state index contributed by atoms with van der Waals surface area (Å²) in [5.41, 5.74) is 1.55. The van der Waals surface area contributed by atoms with Crippen LogP contribution in [0.2, 0.25) is 0 Å². The Bertz CT molecular complexity index is 564. The zero-order valence-corrected chi connectivity index (χ0v) is 11.1. The molecule has 102 valence electrons. The summed E-state index contributed by atoms with van der Waals surface area (Å²) in [5.74, 6) is -0.925. The standard InChI is InChI=1S/C14H17F2N3/c1-3-6-17-8-10-9-19(2)18-14(10)12-7-11(15)4-5-13(12)16/h4-5,7,9,17H,3,6,8H2,1-2H3. The van der Waals surface area contributed by atoms with Gasteiger partial charge in [-0.05, 0) is 31.2 Å². The van der Waals surface area contributed by atoms with Crippen molar-refractivity contribution in [1.82, 2.24) is 15.1 Å². The van der Waals surface area contributed by atoms with E-state index in [2.05, 4.69) is 17.3 Å². The lowest BCUT2D eigenvalue weighted by Crippen LogP contribution is -2.14. The van der Waals surface area contributed by atoms with Gasteiger partial charge < -0.3 is 5.32 Å². The van der Waals surface area contributed by atoms with Gasteiger partial charge in [-0.1, -0.05) is 6.92 Å². The molecule has 1 N–H and O–H groups in total. The molecule has 19 heavy (non-hydrogen) atoms. The van der Waals surface area contributed by atoms with Gasteiger partial charge in [0.25, 0.3) is 0 Å². The lowest BCUT2D eigenvalue weighted by molar-refractivity contribution is 0.601. The fourth-order valence-electron chi connectivity index (χ4n) is 1.97. The van der Waals surface area contributed by atoms with Gasteiger partial charge in [0.2, 0.25) is 0 Å². The van der Waals surface area contributed by atoms with Gasteiger partial charge in [-0.15, -0.1) is 0 Å². The Labute approximate surface area is 111 Å². The second-order valence-corrected chi connectivity index (χ2v) is 4.48. The minimum Gasteiger partial charge on any atom is -0.313 e. The van der Waals surface area contributed by atoms with Crippen molar-refractivity contribution >= 4 is 0 Å². The van der Waals surface area contributed by atoms with Crippen molar-refractivity contribution in [1.29, 1.82) is 0 Å². The molecular weight excluding hydrogens is 248 g/mol. The Kier molecular flexibility index (Phi) is 4.27. The largest absolute Gasteiger partial charge is 0.313 e. The molecule has 2 aromatic rings. The third-order valence-electron chi connectivity index (χ3n) is 2.83. The highest BCUT2D eigenvalue weighted by atomic mass is 19.1. The molecule has 3 nitrogen and oxygen atoms in total. The van der Waals surface area contributed by atoms with E-state index in [1.54, 1.807) is 11.7 Å². The summed E-state index contributed by atoms with van der Waals surface area (Å²) in [6.07, 6.45) is 2.84. The maximum absolute atomic E-state index is 13.8. The fourth-order valence-corrected chi connectivity index (χ4v) is 1.97. The van der Waals surface area contributed by atoms with Crippen LogP contribution in [0.4, 0.5) is 8.78 Å². The molecule has 0 saturated carbocycles. The third kappa shape index (κ3) is 3.17. The van der Waals surface area contributed by atoms with E-state index in [0.717, 1.165) is 30.7 Å². The summed E-state index contributed by atoms with van der Waals surface area (Å²) in [6, 6.07) is 3.42. The van der Waals surface area contributed by atoms with E-state index in [4.69, 9.17) is 0 Å². The van der Waals surface area contributed by atoms with Crippen LogP contribution in [0.3, 0.4) is 0 Å². The number of rotatable bonds is 5. The highest BCUT2D eigenvalue weighted by Crippen LogP contribution is 2.25. The van der Waals surface area contributed by atoms with Crippen LogP contribution < -0.4 is 5.32 Å². The van der Waals surface area contributed by atoms with E-state index < -0.39 is 11.6 Å². The van der Waals surface area contributed by atoms with Gasteiger partial charge >= 0.3 is 0 Å². The van der Waals surface area contributed by atoms with Crippen LogP contribution >= 0.6 is 0 Å². The Balaban J connectivity index is 2.35. The van der Waals surface area contributed by atoms with Gasteiger partial charge in [0.05, 0.1) is 5.69 Å². The van der Waals surface area contributed by atoms with Crippen LogP contribution in [0.25, 0.3) is 11.3 Å². The highest BCUT2D eigenvalue weighted by molar-refractivity contribution is 5.63. The lowest BCUT2D eigenvalue weighted by atomic mass is 10.1. The Morgan fingerprint density at radius 3 is 2.84 bits per heavy atom. The first-order valence-corrected chi connectivity index (χ1v) is 6.30. The number of hydrogen-bond acceptors (Lipinski definition) is 2. The van der Waals surface area contributed by atoms with Crippen LogP contribution in [0.15, 0.2) is 24.4 Å². The van der Waals surface area contributed by atoms with E-state index >= 15 is 0 Å². The van der Waals surface area contributed by atoms with Crippen molar-refractivity contribution in [2.75, 3.05) is 6.54 Å². The van der Waals surface area contributed by atoms with Crippen LogP contribution in [0.1, 0.15) is 18.9 Å². The SMILES string of the molecule is CCCNCc1cn(C)nc1-c1cc(F)ccc1F. The van der Waals surface area contributed by atoms with Crippen molar-refractivity contribution in [3.05, 3.63) is 41.6 Å². The predicted molar refractivity (Wildman–Crippen MR) is 70.6 cm³/mol. The molecule has 0 atom stereocenters. The zero-order valence-electron chi connectivity index (χ0n) is 11.1. The number of nitrogens with zero attached hydrogens (tertiary/aromatic N) is 2. The van der Waals surface area contributed by atoms with Crippen molar-refractivity contribution in [2.24, 2.45) is 7.05 Å². The molecule has 0 aliphatic rings. The molecule has 2 rings (SSSR count). The van der Waals surface area contributed by atoms with Crippen molar-refractivity contribution in [3.8, 4) is 11.3 Å². The van der Waals surface area contributed by atoms with E-state index in [-0.39, 0.29) is 5.56 Å². The molecule has 1 aromatic heterocycles. The number of benzene rings is 1. The Hall–Kier alpha value is -1.75. The third-order valence-corrected chi connectivity index (χ3v) is 2.83. The fraction of sp³-hybridized carbons (Fsp3) is 0.357. The Morgan fingerprint density at radius 1 is 1.32 bits per heavy atom. The number of aryl methyl sites for hydroxylation is 1. The van der Waals surface area contributed by atoms with Crippen LogP contribution in [0.5, 0.6) is 0 Å². The van der Waals surface area contributed by atoms with Gasteiger partial charge in [0.15, 0.2) is 0 Å². The molecule has 0 amide bonds. The van der Waals surface area contributed by atoms with Crippen molar-refractivity contribution < 1.29 is 8.78 Å². The highest BCUT2D eigenvalue weighted by Gasteiger charge is 2.14. The number of aromatic nitrogens is 2. The Morgan fingerprint density at radius 2 is 2.11 bits per heavy atom. The summed E-state index contributed by atoms with van der Waals surface area (Å²) >= 11 is 0. The first kappa shape index (κ1) is 13.7. The second kappa shape index (κ2) is 5.93. The second-order valence-electron chi connectivity index (χ2n) is 4.48. The summed E-state index contributed by atoms with van der Waals surface area (Å²) < 4.78 is 28.7. The lowest BCUT2D eigenvalue weighted by Gasteiger charge is -2.05. The van der Waals surface area contributed by atoms with Crippen LogP contribution in [0, 0.1) is 11.6 Å². The molecule has 0 aliphatic heterocycles. The topological polar surface area (TPSA) is 29.9 Å². The first-order valence-electron chi connectivity index (χ1n) is 6.30. The molecule has 0 unspecified atom stereocenters. The van der Waals surface area contributed by atoms with E-state index in [9.17, 15) is 8.78 Å². The van der Waals surface area contributed by atoms with Gasteiger partial charge in [-0.25, -0.2) is 8.78 Å². The average molecular weight is 265 g/mol. The zero-order chi connectivity index (χ0) is 13.8. The number of halogens is 2. The molecule has 1 heterocycles. The van der Waals surface area contributed by atoms with Crippen LogP contribution in [-0.4, -0.2) is 16.3 Å². The summed E-state index contributed by atoms with van der Waals surface area (Å²) in [6.45, 7) is 3.54. The summed E-state index contributed by atoms with van der Waals surface area (Å²) in [7, 11) is 1.77. The predicted octanol–water partition coefficient (Wildman–Crippen LogP) is 2.86. The molecule has 0 bridgehead atoms. The van der Waals surface area contributed by atoms with E-state index in [1.807, 2.05) is 6.20 Å². The minimum atomic E-state index is -0.463. The van der Waals surface area contributed by atoms with E-state index in [1.165, 1.54) is 6.07 Å². The van der Waals surface area contributed by atoms with Crippen molar-refractivity contribution in [2.45, 2.75) is 19.9 Å². The van der Waals surface area contributed by atoms with Gasteiger partial charge in [0, 0.05) is 30.9 Å². The molecule has 1 aromatic carbocycles.